The molecule has 0 radical (unpaired) electrons. The van der Waals surface area contributed by atoms with E-state index in [1.165, 1.54) is 0 Å². The topological polar surface area (TPSA) is 97.4 Å². The van der Waals surface area contributed by atoms with Crippen LogP contribution in [0.4, 0.5) is 0 Å². The molecule has 52 valence electrons. The SMILES string of the molecule is C=C(C#N)C(N)=C(C#N)C#N. The Morgan fingerprint density at radius 3 is 1.82 bits per heavy atom. The summed E-state index contributed by atoms with van der Waals surface area (Å²) in [6, 6.07) is 4.73. The van der Waals surface area contributed by atoms with Gasteiger partial charge in [-0.25, -0.2) is 0 Å². The van der Waals surface area contributed by atoms with Crippen molar-refractivity contribution in [3.05, 3.63) is 23.4 Å². The summed E-state index contributed by atoms with van der Waals surface area (Å²) in [6.45, 7) is 3.24. The van der Waals surface area contributed by atoms with Gasteiger partial charge in [0.25, 0.3) is 0 Å². The lowest BCUT2D eigenvalue weighted by molar-refractivity contribution is 1.31. The first-order valence-electron chi connectivity index (χ1n) is 2.56. The van der Waals surface area contributed by atoms with Crippen molar-refractivity contribution in [1.29, 1.82) is 15.8 Å². The summed E-state index contributed by atoms with van der Waals surface area (Å²) >= 11 is 0. The quantitative estimate of drug-likeness (QED) is 0.423. The van der Waals surface area contributed by atoms with Gasteiger partial charge >= 0.3 is 0 Å². The molecule has 11 heavy (non-hydrogen) atoms. The molecule has 0 atom stereocenters. The van der Waals surface area contributed by atoms with Gasteiger partial charge in [0.05, 0.1) is 11.3 Å². The van der Waals surface area contributed by atoms with Crippen LogP contribution in [-0.2, 0) is 0 Å². The standard InChI is InChI=1S/C7H4N4/c1-5(2-8)7(11)6(3-9)4-10/h1,11H2. The van der Waals surface area contributed by atoms with Crippen molar-refractivity contribution >= 4 is 0 Å². The van der Waals surface area contributed by atoms with Gasteiger partial charge in [-0.1, -0.05) is 6.58 Å². The molecule has 0 aromatic rings. The molecule has 0 aromatic carbocycles. The maximum absolute atomic E-state index is 8.28. The smallest absolute Gasteiger partial charge is 0.153 e. The van der Waals surface area contributed by atoms with Crippen molar-refractivity contribution < 1.29 is 0 Å². The molecule has 0 fully saturated rings. The number of rotatable bonds is 1. The van der Waals surface area contributed by atoms with Gasteiger partial charge < -0.3 is 5.73 Å². The lowest BCUT2D eigenvalue weighted by atomic mass is 10.1. The number of nitriles is 3. The molecule has 0 amide bonds. The average Bonchev–Trinajstić information content (AvgIpc) is 2.05. The molecule has 0 spiro atoms. The number of allylic oxidation sites excluding steroid dienone is 2. The number of nitrogens with zero attached hydrogens (tertiary/aromatic N) is 3. The van der Waals surface area contributed by atoms with E-state index in [9.17, 15) is 0 Å². The number of hydrogen-bond donors (Lipinski definition) is 1. The fourth-order valence-corrected chi connectivity index (χ4v) is 0.357. The van der Waals surface area contributed by atoms with Crippen LogP contribution in [0.15, 0.2) is 23.4 Å². The Morgan fingerprint density at radius 2 is 1.55 bits per heavy atom. The largest absolute Gasteiger partial charge is 0.396 e. The lowest BCUT2D eigenvalue weighted by Crippen LogP contribution is -2.02. The Bertz CT molecular complexity index is 313. The van der Waals surface area contributed by atoms with Gasteiger partial charge in [-0.2, -0.15) is 15.8 Å². The predicted octanol–water partition coefficient (Wildman–Crippen LogP) is 0.326. The fourth-order valence-electron chi connectivity index (χ4n) is 0.357. The molecule has 0 saturated heterocycles. The average molecular weight is 144 g/mol. The van der Waals surface area contributed by atoms with E-state index in [1.807, 2.05) is 0 Å². The minimum Gasteiger partial charge on any atom is -0.396 e. The molecular weight excluding hydrogens is 140 g/mol. The van der Waals surface area contributed by atoms with E-state index in [1.54, 1.807) is 18.2 Å². The first-order valence-corrected chi connectivity index (χ1v) is 2.56. The molecule has 4 heteroatoms. The van der Waals surface area contributed by atoms with Crippen molar-refractivity contribution in [2.75, 3.05) is 0 Å². The van der Waals surface area contributed by atoms with Crippen LogP contribution in [0.2, 0.25) is 0 Å². The molecule has 0 bridgehead atoms. The van der Waals surface area contributed by atoms with Crippen LogP contribution >= 0.6 is 0 Å². The summed E-state index contributed by atoms with van der Waals surface area (Å²) in [4.78, 5) is 0. The molecule has 0 rings (SSSR count). The third-order valence-corrected chi connectivity index (χ3v) is 0.953. The second-order valence-corrected chi connectivity index (χ2v) is 1.60. The molecule has 0 aliphatic carbocycles. The van der Waals surface area contributed by atoms with Crippen LogP contribution < -0.4 is 5.73 Å². The monoisotopic (exact) mass is 144 g/mol. The highest BCUT2D eigenvalue weighted by molar-refractivity contribution is 5.50. The van der Waals surface area contributed by atoms with Crippen LogP contribution in [0.5, 0.6) is 0 Å². The van der Waals surface area contributed by atoms with E-state index in [2.05, 4.69) is 6.58 Å². The summed E-state index contributed by atoms with van der Waals surface area (Å²) in [5, 5.41) is 24.8. The summed E-state index contributed by atoms with van der Waals surface area (Å²) in [7, 11) is 0. The maximum atomic E-state index is 8.28. The number of nitrogens with two attached hydrogens (primary N) is 1. The summed E-state index contributed by atoms with van der Waals surface area (Å²) < 4.78 is 0. The van der Waals surface area contributed by atoms with Crippen LogP contribution in [0.25, 0.3) is 0 Å². The van der Waals surface area contributed by atoms with E-state index >= 15 is 0 Å². The van der Waals surface area contributed by atoms with Gasteiger partial charge in [0.1, 0.15) is 18.2 Å². The van der Waals surface area contributed by atoms with Gasteiger partial charge in [-0.15, -0.1) is 0 Å². The maximum Gasteiger partial charge on any atom is 0.153 e. The summed E-state index contributed by atoms with van der Waals surface area (Å²) in [5.74, 6) is 0. The normalized spacial score (nSPS) is 6.64. The second-order valence-electron chi connectivity index (χ2n) is 1.60. The van der Waals surface area contributed by atoms with E-state index in [0.29, 0.717) is 0 Å². The molecule has 0 aliphatic rings. The Balaban J connectivity index is 5.04. The Hall–Kier alpha value is -2.25. The Labute approximate surface area is 64.1 Å². The molecule has 0 heterocycles. The van der Waals surface area contributed by atoms with Crippen molar-refractivity contribution in [3.63, 3.8) is 0 Å². The van der Waals surface area contributed by atoms with Gasteiger partial charge in [-0.3, -0.25) is 0 Å². The van der Waals surface area contributed by atoms with Crippen molar-refractivity contribution in [2.24, 2.45) is 5.73 Å². The van der Waals surface area contributed by atoms with Crippen molar-refractivity contribution in [3.8, 4) is 18.2 Å². The molecule has 2 N–H and O–H groups in total. The highest BCUT2D eigenvalue weighted by Gasteiger charge is 2.03. The predicted molar refractivity (Wildman–Crippen MR) is 37.2 cm³/mol. The van der Waals surface area contributed by atoms with E-state index in [-0.39, 0.29) is 16.8 Å². The second kappa shape index (κ2) is 3.71. The zero-order valence-electron chi connectivity index (χ0n) is 5.63. The zero-order chi connectivity index (χ0) is 8.85. The minimum absolute atomic E-state index is 0.0666. The van der Waals surface area contributed by atoms with Crippen LogP contribution in [0.1, 0.15) is 0 Å². The van der Waals surface area contributed by atoms with Gasteiger partial charge in [0.2, 0.25) is 0 Å². The zero-order valence-corrected chi connectivity index (χ0v) is 5.63. The fraction of sp³-hybridized carbons (Fsp3) is 0. The Kier molecular flexibility index (Phi) is 2.95. The summed E-state index contributed by atoms with van der Waals surface area (Å²) in [6.07, 6.45) is 0. The van der Waals surface area contributed by atoms with Crippen molar-refractivity contribution in [1.82, 2.24) is 0 Å². The first kappa shape index (κ1) is 8.75. The highest BCUT2D eigenvalue weighted by atomic mass is 14.6. The van der Waals surface area contributed by atoms with E-state index < -0.39 is 0 Å². The van der Waals surface area contributed by atoms with Crippen LogP contribution in [0, 0.1) is 34.0 Å². The molecular formula is C7H4N4. The molecule has 0 aliphatic heterocycles. The lowest BCUT2D eigenvalue weighted by Gasteiger charge is -1.92. The molecule has 4 nitrogen and oxygen atoms in total. The molecule has 0 aromatic heterocycles. The molecule has 0 unspecified atom stereocenters. The third kappa shape index (κ3) is 1.86. The highest BCUT2D eigenvalue weighted by Crippen LogP contribution is 2.04. The Morgan fingerprint density at radius 1 is 1.09 bits per heavy atom. The van der Waals surface area contributed by atoms with Crippen LogP contribution in [-0.4, -0.2) is 0 Å². The van der Waals surface area contributed by atoms with Gasteiger partial charge in [0.15, 0.2) is 5.57 Å². The minimum atomic E-state index is -0.281. The van der Waals surface area contributed by atoms with Crippen LogP contribution in [0.3, 0.4) is 0 Å². The van der Waals surface area contributed by atoms with E-state index in [0.717, 1.165) is 0 Å². The number of hydrogen-bond acceptors (Lipinski definition) is 4. The third-order valence-electron chi connectivity index (χ3n) is 0.953. The van der Waals surface area contributed by atoms with Crippen molar-refractivity contribution in [2.45, 2.75) is 0 Å². The van der Waals surface area contributed by atoms with Gasteiger partial charge in [-0.05, 0) is 0 Å². The summed E-state index contributed by atoms with van der Waals surface area (Å²) in [5.41, 5.74) is 4.70. The molecule has 0 saturated carbocycles. The van der Waals surface area contributed by atoms with Gasteiger partial charge in [0, 0.05) is 0 Å². The first-order chi connectivity index (χ1) is 5.17. The van der Waals surface area contributed by atoms with E-state index in [4.69, 9.17) is 21.5 Å².